The molecule has 29 heavy (non-hydrogen) atoms. The summed E-state index contributed by atoms with van der Waals surface area (Å²) in [6.07, 6.45) is 6.26. The zero-order valence-corrected chi connectivity index (χ0v) is 16.8. The predicted molar refractivity (Wildman–Crippen MR) is 108 cm³/mol. The fourth-order valence-electron chi connectivity index (χ4n) is 4.01. The van der Waals surface area contributed by atoms with Gasteiger partial charge in [-0.2, -0.15) is 0 Å². The summed E-state index contributed by atoms with van der Waals surface area (Å²) in [7, 11) is 0. The largest absolute Gasteiger partial charge is 0.352 e. The Morgan fingerprint density at radius 1 is 1.10 bits per heavy atom. The molecular weight excluding hydrogens is 372 g/mol. The van der Waals surface area contributed by atoms with Gasteiger partial charge in [0.25, 0.3) is 11.8 Å². The minimum atomic E-state index is -0.865. The summed E-state index contributed by atoms with van der Waals surface area (Å²) in [6.45, 7) is 1.98. The normalized spacial score (nSPS) is 18.7. The van der Waals surface area contributed by atoms with Gasteiger partial charge in [-0.3, -0.25) is 19.3 Å². The van der Waals surface area contributed by atoms with E-state index in [2.05, 4.69) is 16.0 Å². The lowest BCUT2D eigenvalue weighted by Crippen LogP contribution is -2.47. The number of hydrogen-bond donors (Lipinski definition) is 3. The predicted octanol–water partition coefficient (Wildman–Crippen LogP) is 2.41. The van der Waals surface area contributed by atoms with Crippen molar-refractivity contribution in [2.45, 2.75) is 57.4 Å². The Bertz CT molecular complexity index is 800. The molecular formula is C21H28N4O4. The minimum absolute atomic E-state index is 0.232. The lowest BCUT2D eigenvalue weighted by Gasteiger charge is -2.28. The molecule has 1 aliphatic heterocycles. The Labute approximate surface area is 170 Å². The van der Waals surface area contributed by atoms with Gasteiger partial charge in [0.15, 0.2) is 0 Å². The molecule has 1 aliphatic carbocycles. The second-order valence-electron chi connectivity index (χ2n) is 7.66. The summed E-state index contributed by atoms with van der Waals surface area (Å²) < 4.78 is 0. The number of urea groups is 1. The van der Waals surface area contributed by atoms with Gasteiger partial charge in [0.1, 0.15) is 12.1 Å². The zero-order valence-electron chi connectivity index (χ0n) is 16.8. The number of nitrogens with one attached hydrogen (secondary N) is 3. The number of anilines is 1. The highest BCUT2D eigenvalue weighted by Gasteiger charge is 2.50. The van der Waals surface area contributed by atoms with Gasteiger partial charge in [-0.1, -0.05) is 38.2 Å². The van der Waals surface area contributed by atoms with Crippen LogP contribution in [0.4, 0.5) is 10.5 Å². The fourth-order valence-corrected chi connectivity index (χ4v) is 4.01. The van der Waals surface area contributed by atoms with Crippen LogP contribution < -0.4 is 16.0 Å². The van der Waals surface area contributed by atoms with E-state index >= 15 is 0 Å². The molecule has 0 bridgehead atoms. The van der Waals surface area contributed by atoms with Crippen molar-refractivity contribution in [1.82, 2.24) is 15.5 Å². The summed E-state index contributed by atoms with van der Waals surface area (Å²) >= 11 is 0. The number of nitrogens with zero attached hydrogens (tertiary/aromatic N) is 1. The molecule has 2 aliphatic rings. The first-order valence-electron chi connectivity index (χ1n) is 10.3. The average molecular weight is 400 g/mol. The van der Waals surface area contributed by atoms with Crippen LogP contribution in [0.3, 0.4) is 0 Å². The van der Waals surface area contributed by atoms with E-state index in [1.165, 1.54) is 0 Å². The van der Waals surface area contributed by atoms with Crippen LogP contribution >= 0.6 is 0 Å². The van der Waals surface area contributed by atoms with Gasteiger partial charge in [-0.05, 0) is 38.0 Å². The van der Waals surface area contributed by atoms with Gasteiger partial charge in [0.2, 0.25) is 5.91 Å². The van der Waals surface area contributed by atoms with Crippen molar-refractivity contribution in [3.8, 4) is 0 Å². The number of benzene rings is 1. The van der Waals surface area contributed by atoms with Crippen LogP contribution in [0, 0.1) is 0 Å². The monoisotopic (exact) mass is 400 g/mol. The van der Waals surface area contributed by atoms with E-state index in [0.29, 0.717) is 30.6 Å². The Kier molecular flexibility index (Phi) is 6.51. The maximum atomic E-state index is 13.0. The smallest absolute Gasteiger partial charge is 0.325 e. The van der Waals surface area contributed by atoms with Crippen LogP contribution in [-0.2, 0) is 9.59 Å². The van der Waals surface area contributed by atoms with Crippen molar-refractivity contribution in [3.63, 3.8) is 0 Å². The second-order valence-corrected chi connectivity index (χ2v) is 7.66. The molecule has 8 nitrogen and oxygen atoms in total. The molecule has 8 heteroatoms. The van der Waals surface area contributed by atoms with E-state index in [9.17, 15) is 19.2 Å². The van der Waals surface area contributed by atoms with E-state index < -0.39 is 17.5 Å². The van der Waals surface area contributed by atoms with Crippen LogP contribution in [0.1, 0.15) is 62.2 Å². The molecule has 0 atom stereocenters. The number of carbonyl (C=O) groups is 4. The standard InChI is InChI=1S/C21H28N4O4/c1-2-22-18(27)15-9-8-10-16(13-15)23-17(26)14-25-19(28)21(24-20(25)29)11-6-4-3-5-7-12-21/h8-10,13H,2-7,11-12,14H2,1H3,(H,22,27)(H,23,26)(H,24,29). The molecule has 2 fully saturated rings. The third-order valence-corrected chi connectivity index (χ3v) is 5.50. The Balaban J connectivity index is 1.64. The topological polar surface area (TPSA) is 108 Å². The summed E-state index contributed by atoms with van der Waals surface area (Å²) in [5.41, 5.74) is -0.00441. The molecule has 3 N–H and O–H groups in total. The summed E-state index contributed by atoms with van der Waals surface area (Å²) in [5, 5.41) is 8.21. The quantitative estimate of drug-likeness (QED) is 0.660. The SMILES string of the molecule is CCNC(=O)c1cccc(NC(=O)CN2C(=O)NC3(CCCCCCC3)C2=O)c1. The molecule has 5 amide bonds. The molecule has 0 radical (unpaired) electrons. The second kappa shape index (κ2) is 9.07. The molecule has 3 rings (SSSR count). The number of imide groups is 1. The maximum absolute atomic E-state index is 13.0. The van der Waals surface area contributed by atoms with Crippen molar-refractivity contribution < 1.29 is 19.2 Å². The van der Waals surface area contributed by atoms with Gasteiger partial charge in [-0.25, -0.2) is 4.79 Å². The number of hydrogen-bond acceptors (Lipinski definition) is 4. The third kappa shape index (κ3) is 4.75. The number of amides is 5. The van der Waals surface area contributed by atoms with Crippen LogP contribution in [0.25, 0.3) is 0 Å². The first-order chi connectivity index (χ1) is 13.9. The van der Waals surface area contributed by atoms with Crippen molar-refractivity contribution >= 4 is 29.4 Å². The Morgan fingerprint density at radius 2 is 1.79 bits per heavy atom. The molecule has 156 valence electrons. The molecule has 1 aromatic rings. The molecule has 1 aromatic carbocycles. The molecule has 0 aromatic heterocycles. The zero-order chi connectivity index (χ0) is 20.9. The Morgan fingerprint density at radius 3 is 2.48 bits per heavy atom. The maximum Gasteiger partial charge on any atom is 0.325 e. The average Bonchev–Trinajstić information content (AvgIpc) is 2.90. The van der Waals surface area contributed by atoms with E-state index in [1.54, 1.807) is 24.3 Å². The highest BCUT2D eigenvalue weighted by atomic mass is 16.2. The van der Waals surface area contributed by atoms with E-state index in [-0.39, 0.29) is 18.4 Å². The van der Waals surface area contributed by atoms with Crippen molar-refractivity contribution in [1.29, 1.82) is 0 Å². The highest BCUT2D eigenvalue weighted by molar-refractivity contribution is 6.10. The molecule has 1 saturated heterocycles. The first kappa shape index (κ1) is 20.8. The van der Waals surface area contributed by atoms with E-state index in [0.717, 1.165) is 37.0 Å². The van der Waals surface area contributed by atoms with E-state index in [4.69, 9.17) is 0 Å². The van der Waals surface area contributed by atoms with Gasteiger partial charge in [0.05, 0.1) is 0 Å². The third-order valence-electron chi connectivity index (χ3n) is 5.50. The first-order valence-corrected chi connectivity index (χ1v) is 10.3. The highest BCUT2D eigenvalue weighted by Crippen LogP contribution is 2.32. The number of rotatable bonds is 5. The van der Waals surface area contributed by atoms with Gasteiger partial charge < -0.3 is 16.0 Å². The molecule has 1 heterocycles. The summed E-state index contributed by atoms with van der Waals surface area (Å²) in [4.78, 5) is 50.8. The Hall–Kier alpha value is -2.90. The lowest BCUT2D eigenvalue weighted by molar-refractivity contribution is -0.134. The van der Waals surface area contributed by atoms with Crippen molar-refractivity contribution in [3.05, 3.63) is 29.8 Å². The number of carbonyl (C=O) groups excluding carboxylic acids is 4. The summed E-state index contributed by atoms with van der Waals surface area (Å²) in [5.74, 6) is -1.02. The van der Waals surface area contributed by atoms with Crippen molar-refractivity contribution in [2.75, 3.05) is 18.4 Å². The lowest BCUT2D eigenvalue weighted by atomic mass is 9.84. The van der Waals surface area contributed by atoms with E-state index in [1.807, 2.05) is 6.92 Å². The van der Waals surface area contributed by atoms with Crippen LogP contribution in [-0.4, -0.2) is 47.3 Å². The molecule has 1 spiro atoms. The summed E-state index contributed by atoms with van der Waals surface area (Å²) in [6, 6.07) is 6.02. The van der Waals surface area contributed by atoms with Crippen LogP contribution in [0.2, 0.25) is 0 Å². The van der Waals surface area contributed by atoms with Crippen LogP contribution in [0.5, 0.6) is 0 Å². The van der Waals surface area contributed by atoms with Gasteiger partial charge in [-0.15, -0.1) is 0 Å². The van der Waals surface area contributed by atoms with Crippen LogP contribution in [0.15, 0.2) is 24.3 Å². The fraction of sp³-hybridized carbons (Fsp3) is 0.524. The van der Waals surface area contributed by atoms with Crippen molar-refractivity contribution in [2.24, 2.45) is 0 Å². The van der Waals surface area contributed by atoms with Gasteiger partial charge in [0, 0.05) is 17.8 Å². The molecule has 1 saturated carbocycles. The minimum Gasteiger partial charge on any atom is -0.352 e. The molecule has 0 unspecified atom stereocenters. The van der Waals surface area contributed by atoms with Gasteiger partial charge >= 0.3 is 6.03 Å².